The second-order valence-electron chi connectivity index (χ2n) is 4.87. The Morgan fingerprint density at radius 1 is 1.32 bits per heavy atom. The Balaban J connectivity index is 4.40. The maximum absolute atomic E-state index is 5.33. The lowest BCUT2D eigenvalue weighted by atomic mass is 9.99. The standard InChI is InChI=1S/C18H27N/c1-6-11-17(13-9-12-16(4)5)14-10-15-19-18(7-2)8-3/h2,9-10,12-13,15,17H,6,8,11,14H2,1,3-5H3/b13-9+,15-10-,19-18?. The third kappa shape index (κ3) is 10.1. The molecule has 0 bridgehead atoms. The molecule has 0 saturated carbocycles. The van der Waals surface area contributed by atoms with E-state index >= 15 is 0 Å². The summed E-state index contributed by atoms with van der Waals surface area (Å²) in [6, 6.07) is 0. The van der Waals surface area contributed by atoms with Crippen LogP contribution in [0.4, 0.5) is 0 Å². The Labute approximate surface area is 119 Å². The van der Waals surface area contributed by atoms with Crippen molar-refractivity contribution in [1.82, 2.24) is 0 Å². The summed E-state index contributed by atoms with van der Waals surface area (Å²) in [5, 5.41) is 0. The fraction of sp³-hybridized carbons (Fsp3) is 0.500. The van der Waals surface area contributed by atoms with Gasteiger partial charge in [-0.3, -0.25) is 4.99 Å². The van der Waals surface area contributed by atoms with Crippen LogP contribution in [0.5, 0.6) is 0 Å². The zero-order valence-corrected chi connectivity index (χ0v) is 12.8. The van der Waals surface area contributed by atoms with Crippen LogP contribution in [0.3, 0.4) is 0 Å². The molecule has 104 valence electrons. The molecule has 0 aromatic rings. The van der Waals surface area contributed by atoms with E-state index in [1.807, 2.05) is 13.1 Å². The van der Waals surface area contributed by atoms with Crippen molar-refractivity contribution >= 4 is 5.71 Å². The molecule has 0 aliphatic rings. The predicted molar refractivity (Wildman–Crippen MR) is 87.3 cm³/mol. The number of hydrogen-bond donors (Lipinski definition) is 0. The minimum atomic E-state index is 0.586. The number of hydrogen-bond acceptors (Lipinski definition) is 1. The van der Waals surface area contributed by atoms with E-state index in [2.05, 4.69) is 56.0 Å². The normalized spacial score (nSPS) is 13.7. The van der Waals surface area contributed by atoms with Crippen LogP contribution >= 0.6 is 0 Å². The van der Waals surface area contributed by atoms with Crippen LogP contribution in [0.25, 0.3) is 0 Å². The first-order chi connectivity index (χ1) is 9.13. The van der Waals surface area contributed by atoms with Gasteiger partial charge >= 0.3 is 0 Å². The van der Waals surface area contributed by atoms with Gasteiger partial charge in [0.15, 0.2) is 0 Å². The van der Waals surface area contributed by atoms with Crippen LogP contribution < -0.4 is 0 Å². The average Bonchev–Trinajstić information content (AvgIpc) is 2.38. The van der Waals surface area contributed by atoms with Crippen LogP contribution in [0.15, 0.2) is 41.1 Å². The average molecular weight is 257 g/mol. The predicted octanol–water partition coefficient (Wildman–Crippen LogP) is 5.31. The third-order valence-electron chi connectivity index (χ3n) is 2.75. The first-order valence-corrected chi connectivity index (χ1v) is 7.14. The second-order valence-corrected chi connectivity index (χ2v) is 4.87. The van der Waals surface area contributed by atoms with Gasteiger partial charge in [0.05, 0.1) is 5.71 Å². The minimum Gasteiger partial charge on any atom is -0.253 e. The number of nitrogens with zero attached hydrogens (tertiary/aromatic N) is 1. The molecule has 0 N–H and O–H groups in total. The van der Waals surface area contributed by atoms with E-state index in [0.717, 1.165) is 18.6 Å². The fourth-order valence-corrected chi connectivity index (χ4v) is 1.68. The summed E-state index contributed by atoms with van der Waals surface area (Å²) in [5.41, 5.74) is 2.14. The fourth-order valence-electron chi connectivity index (χ4n) is 1.68. The highest BCUT2D eigenvalue weighted by Crippen LogP contribution is 2.14. The van der Waals surface area contributed by atoms with Gasteiger partial charge in [-0.2, -0.15) is 0 Å². The molecule has 19 heavy (non-hydrogen) atoms. The van der Waals surface area contributed by atoms with Crippen LogP contribution in [0.1, 0.15) is 53.4 Å². The van der Waals surface area contributed by atoms with Crippen molar-refractivity contribution in [2.24, 2.45) is 10.9 Å². The van der Waals surface area contributed by atoms with Gasteiger partial charge in [-0.1, -0.05) is 56.1 Å². The highest BCUT2D eigenvalue weighted by atomic mass is 14.7. The minimum absolute atomic E-state index is 0.586. The van der Waals surface area contributed by atoms with Crippen molar-refractivity contribution in [3.05, 3.63) is 36.1 Å². The molecule has 0 aliphatic carbocycles. The summed E-state index contributed by atoms with van der Waals surface area (Å²) in [5.74, 6) is 3.17. The molecule has 0 aromatic heterocycles. The number of terminal acetylenes is 1. The molecule has 0 spiro atoms. The molecule has 0 amide bonds. The van der Waals surface area contributed by atoms with E-state index < -0.39 is 0 Å². The summed E-state index contributed by atoms with van der Waals surface area (Å²) in [6.07, 6.45) is 20.1. The molecule has 0 saturated heterocycles. The third-order valence-corrected chi connectivity index (χ3v) is 2.75. The Kier molecular flexibility index (Phi) is 10.6. The van der Waals surface area contributed by atoms with Gasteiger partial charge in [-0.15, -0.1) is 6.42 Å². The summed E-state index contributed by atoms with van der Waals surface area (Å²) >= 11 is 0. The first-order valence-electron chi connectivity index (χ1n) is 7.14. The van der Waals surface area contributed by atoms with Crippen molar-refractivity contribution in [1.29, 1.82) is 0 Å². The van der Waals surface area contributed by atoms with Crippen LogP contribution in [-0.2, 0) is 0 Å². The van der Waals surface area contributed by atoms with Crippen LogP contribution in [0.2, 0.25) is 0 Å². The van der Waals surface area contributed by atoms with Gasteiger partial charge < -0.3 is 0 Å². The lowest BCUT2D eigenvalue weighted by Crippen LogP contribution is -1.93. The molecule has 0 aliphatic heterocycles. The highest BCUT2D eigenvalue weighted by Gasteiger charge is 1.99. The zero-order valence-electron chi connectivity index (χ0n) is 12.8. The number of rotatable bonds is 8. The smallest absolute Gasteiger partial charge is 0.0893 e. The van der Waals surface area contributed by atoms with E-state index in [9.17, 15) is 0 Å². The van der Waals surface area contributed by atoms with E-state index in [1.54, 1.807) is 0 Å². The largest absolute Gasteiger partial charge is 0.253 e. The monoisotopic (exact) mass is 257 g/mol. The highest BCUT2D eigenvalue weighted by molar-refractivity contribution is 5.99. The maximum atomic E-state index is 5.33. The molecule has 0 heterocycles. The maximum Gasteiger partial charge on any atom is 0.0893 e. The van der Waals surface area contributed by atoms with Crippen molar-refractivity contribution in [3.8, 4) is 12.3 Å². The molecule has 0 rings (SSSR count). The molecule has 0 fully saturated rings. The van der Waals surface area contributed by atoms with Crippen LogP contribution in [0, 0.1) is 18.3 Å². The van der Waals surface area contributed by atoms with E-state index in [0.29, 0.717) is 5.92 Å². The first kappa shape index (κ1) is 17.4. The van der Waals surface area contributed by atoms with Crippen molar-refractivity contribution in [3.63, 3.8) is 0 Å². The Morgan fingerprint density at radius 3 is 2.58 bits per heavy atom. The Hall–Kier alpha value is -1.55. The second kappa shape index (κ2) is 11.5. The van der Waals surface area contributed by atoms with Crippen molar-refractivity contribution in [2.75, 3.05) is 0 Å². The van der Waals surface area contributed by atoms with Crippen molar-refractivity contribution in [2.45, 2.75) is 53.4 Å². The molecular formula is C18H27N. The van der Waals surface area contributed by atoms with Gasteiger partial charge in [0.25, 0.3) is 0 Å². The molecule has 1 unspecified atom stereocenters. The van der Waals surface area contributed by atoms with Gasteiger partial charge in [-0.05, 0) is 39.0 Å². The summed E-state index contributed by atoms with van der Waals surface area (Å²) in [7, 11) is 0. The molecule has 1 atom stereocenters. The SMILES string of the molecule is C#CC(CC)=N/C=C\CC(/C=C/C=C(C)C)CCC. The molecular weight excluding hydrogens is 230 g/mol. The van der Waals surface area contributed by atoms with E-state index in [1.165, 1.54) is 18.4 Å². The van der Waals surface area contributed by atoms with E-state index in [4.69, 9.17) is 6.42 Å². The molecule has 0 radical (unpaired) electrons. The summed E-state index contributed by atoms with van der Waals surface area (Å²) in [6.45, 7) is 8.46. The molecule has 0 aromatic carbocycles. The molecule has 1 nitrogen and oxygen atoms in total. The summed E-state index contributed by atoms with van der Waals surface area (Å²) < 4.78 is 0. The van der Waals surface area contributed by atoms with Crippen molar-refractivity contribution < 1.29 is 0 Å². The zero-order chi connectivity index (χ0) is 14.5. The van der Waals surface area contributed by atoms with Gasteiger partial charge in [-0.25, -0.2) is 0 Å². The summed E-state index contributed by atoms with van der Waals surface area (Å²) in [4.78, 5) is 4.27. The lowest BCUT2D eigenvalue weighted by molar-refractivity contribution is 0.588. The van der Waals surface area contributed by atoms with Gasteiger partial charge in [0.2, 0.25) is 0 Å². The van der Waals surface area contributed by atoms with E-state index in [-0.39, 0.29) is 0 Å². The topological polar surface area (TPSA) is 12.4 Å². The van der Waals surface area contributed by atoms with Gasteiger partial charge in [0, 0.05) is 6.20 Å². The Morgan fingerprint density at radius 2 is 2.05 bits per heavy atom. The van der Waals surface area contributed by atoms with Crippen LogP contribution in [-0.4, -0.2) is 5.71 Å². The molecule has 1 heteroatoms. The van der Waals surface area contributed by atoms with Gasteiger partial charge in [0.1, 0.15) is 0 Å². The number of aliphatic imine (C=N–C) groups is 1. The number of allylic oxidation sites excluding steroid dienone is 5. The lowest BCUT2D eigenvalue weighted by Gasteiger charge is -2.07. The Bertz CT molecular complexity index is 384. The quantitative estimate of drug-likeness (QED) is 0.317.